The van der Waals surface area contributed by atoms with Gasteiger partial charge in [-0.05, 0) is 44.0 Å². The Kier molecular flexibility index (Phi) is 4.54. The first-order valence-corrected chi connectivity index (χ1v) is 9.02. The molecule has 1 aliphatic rings. The van der Waals surface area contributed by atoms with Crippen molar-refractivity contribution >= 4 is 17.4 Å². The molecular weight excluding hydrogens is 338 g/mol. The van der Waals surface area contributed by atoms with Crippen LogP contribution in [0.15, 0.2) is 48.7 Å². The van der Waals surface area contributed by atoms with Gasteiger partial charge in [-0.1, -0.05) is 24.3 Å². The summed E-state index contributed by atoms with van der Waals surface area (Å²) in [4.78, 5) is 28.0. The van der Waals surface area contributed by atoms with Crippen LogP contribution in [0.25, 0.3) is 11.5 Å². The number of hydrogen-bond acceptors (Lipinski definition) is 5. The molecule has 0 fully saturated rings. The molecule has 0 bridgehead atoms. The molecule has 6 nitrogen and oxygen atoms in total. The van der Waals surface area contributed by atoms with Crippen molar-refractivity contribution in [1.82, 2.24) is 15.0 Å². The molecule has 0 saturated heterocycles. The Morgan fingerprint density at radius 2 is 1.93 bits per heavy atom. The molecule has 1 N–H and O–H groups in total. The molecule has 6 heteroatoms. The Morgan fingerprint density at radius 3 is 2.74 bits per heavy atom. The number of para-hydroxylation sites is 1. The smallest absolute Gasteiger partial charge is 0.246 e. The number of aromatic nitrogens is 3. The summed E-state index contributed by atoms with van der Waals surface area (Å²) in [5.74, 6) is 1.26. The molecule has 4 rings (SSSR count). The summed E-state index contributed by atoms with van der Waals surface area (Å²) in [7, 11) is 0. The summed E-state index contributed by atoms with van der Waals surface area (Å²) in [5, 5.41) is 3.20. The average Bonchev–Trinajstić information content (AvgIpc) is 3.13. The van der Waals surface area contributed by atoms with Crippen molar-refractivity contribution in [2.24, 2.45) is 0 Å². The summed E-state index contributed by atoms with van der Waals surface area (Å²) in [6.45, 7) is 4.80. The van der Waals surface area contributed by atoms with E-state index in [1.54, 1.807) is 6.20 Å². The third kappa shape index (κ3) is 3.38. The molecule has 2 aromatic heterocycles. The number of pyridine rings is 1. The number of fused-ring (bicyclic) bond motifs is 1. The molecule has 136 valence electrons. The van der Waals surface area contributed by atoms with Crippen LogP contribution in [-0.2, 0) is 11.2 Å². The topological polar surface area (TPSA) is 71.0 Å². The number of nitrogens with one attached hydrogen (secondary N) is 1. The first-order chi connectivity index (χ1) is 13.1. The maximum atomic E-state index is 12.7. The fraction of sp³-hybridized carbons (Fsp3) is 0.238. The van der Waals surface area contributed by atoms with Crippen molar-refractivity contribution in [3.8, 4) is 11.5 Å². The predicted octanol–water partition coefficient (Wildman–Crippen LogP) is 3.16. The summed E-state index contributed by atoms with van der Waals surface area (Å²) in [6, 6.07) is 13.7. The van der Waals surface area contributed by atoms with E-state index in [-0.39, 0.29) is 12.5 Å². The molecule has 27 heavy (non-hydrogen) atoms. The molecule has 0 unspecified atom stereocenters. The summed E-state index contributed by atoms with van der Waals surface area (Å²) in [5.41, 5.74) is 4.74. The summed E-state index contributed by atoms with van der Waals surface area (Å²) >= 11 is 0. The molecule has 1 aromatic carbocycles. The Bertz CT molecular complexity index is 987. The third-order valence-electron chi connectivity index (χ3n) is 4.88. The van der Waals surface area contributed by atoms with E-state index in [0.29, 0.717) is 17.3 Å². The van der Waals surface area contributed by atoms with Crippen LogP contribution in [0.4, 0.5) is 11.5 Å². The lowest BCUT2D eigenvalue weighted by atomic mass is 10.2. The fourth-order valence-corrected chi connectivity index (χ4v) is 3.26. The van der Waals surface area contributed by atoms with E-state index in [0.717, 1.165) is 29.9 Å². The van der Waals surface area contributed by atoms with Crippen LogP contribution in [0.1, 0.15) is 16.8 Å². The minimum absolute atomic E-state index is 0.0370. The zero-order chi connectivity index (χ0) is 18.8. The molecular formula is C21H21N5O. The van der Waals surface area contributed by atoms with Crippen LogP contribution in [-0.4, -0.2) is 33.9 Å². The summed E-state index contributed by atoms with van der Waals surface area (Å²) < 4.78 is 0. The zero-order valence-corrected chi connectivity index (χ0v) is 15.4. The Hall–Kier alpha value is -3.28. The quantitative estimate of drug-likeness (QED) is 0.775. The predicted molar refractivity (Wildman–Crippen MR) is 106 cm³/mol. The highest BCUT2D eigenvalue weighted by Crippen LogP contribution is 2.27. The molecule has 0 saturated carbocycles. The minimum atomic E-state index is 0.0370. The van der Waals surface area contributed by atoms with E-state index in [2.05, 4.69) is 26.3 Å². The van der Waals surface area contributed by atoms with Crippen LogP contribution in [0.3, 0.4) is 0 Å². The lowest BCUT2D eigenvalue weighted by molar-refractivity contribution is -0.116. The van der Waals surface area contributed by atoms with Gasteiger partial charge in [-0.2, -0.15) is 0 Å². The van der Waals surface area contributed by atoms with Gasteiger partial charge in [-0.25, -0.2) is 9.97 Å². The number of hydrogen-bond donors (Lipinski definition) is 1. The molecule has 1 aliphatic heterocycles. The van der Waals surface area contributed by atoms with Crippen molar-refractivity contribution in [3.63, 3.8) is 0 Å². The Balaban J connectivity index is 1.53. The second kappa shape index (κ2) is 7.15. The Labute approximate surface area is 158 Å². The SMILES string of the molecule is Cc1nc(-c2ccccn2)nc(NCC(=O)N2CCc3ccccc32)c1C. The number of anilines is 2. The van der Waals surface area contributed by atoms with Crippen molar-refractivity contribution < 1.29 is 4.79 Å². The van der Waals surface area contributed by atoms with Crippen LogP contribution >= 0.6 is 0 Å². The minimum Gasteiger partial charge on any atom is -0.361 e. The first kappa shape index (κ1) is 17.1. The highest BCUT2D eigenvalue weighted by atomic mass is 16.2. The van der Waals surface area contributed by atoms with Gasteiger partial charge < -0.3 is 10.2 Å². The van der Waals surface area contributed by atoms with Gasteiger partial charge in [0.2, 0.25) is 5.91 Å². The highest BCUT2D eigenvalue weighted by Gasteiger charge is 2.24. The van der Waals surface area contributed by atoms with Crippen LogP contribution < -0.4 is 10.2 Å². The van der Waals surface area contributed by atoms with Crippen LogP contribution in [0.2, 0.25) is 0 Å². The van der Waals surface area contributed by atoms with Crippen molar-refractivity contribution in [1.29, 1.82) is 0 Å². The normalized spacial score (nSPS) is 12.7. The van der Waals surface area contributed by atoms with Crippen molar-refractivity contribution in [3.05, 3.63) is 65.5 Å². The van der Waals surface area contributed by atoms with E-state index in [1.807, 2.05) is 55.1 Å². The van der Waals surface area contributed by atoms with Gasteiger partial charge in [0, 0.05) is 29.7 Å². The van der Waals surface area contributed by atoms with E-state index in [1.165, 1.54) is 5.56 Å². The molecule has 0 spiro atoms. The lowest BCUT2D eigenvalue weighted by Crippen LogP contribution is -2.34. The highest BCUT2D eigenvalue weighted by molar-refractivity contribution is 5.98. The van der Waals surface area contributed by atoms with Gasteiger partial charge in [0.15, 0.2) is 5.82 Å². The molecule has 3 aromatic rings. The van der Waals surface area contributed by atoms with Gasteiger partial charge in [-0.15, -0.1) is 0 Å². The number of amides is 1. The van der Waals surface area contributed by atoms with Crippen molar-refractivity contribution in [2.45, 2.75) is 20.3 Å². The van der Waals surface area contributed by atoms with Crippen molar-refractivity contribution in [2.75, 3.05) is 23.3 Å². The largest absolute Gasteiger partial charge is 0.361 e. The average molecular weight is 359 g/mol. The van der Waals surface area contributed by atoms with Crippen LogP contribution in [0, 0.1) is 13.8 Å². The zero-order valence-electron chi connectivity index (χ0n) is 15.4. The molecule has 1 amide bonds. The second-order valence-electron chi connectivity index (χ2n) is 6.60. The maximum Gasteiger partial charge on any atom is 0.246 e. The molecule has 0 atom stereocenters. The van der Waals surface area contributed by atoms with Gasteiger partial charge in [0.1, 0.15) is 11.5 Å². The number of carbonyl (C=O) groups is 1. The third-order valence-corrected chi connectivity index (χ3v) is 4.88. The van der Waals surface area contributed by atoms with E-state index < -0.39 is 0 Å². The molecule has 0 aliphatic carbocycles. The number of benzene rings is 1. The lowest BCUT2D eigenvalue weighted by Gasteiger charge is -2.18. The van der Waals surface area contributed by atoms with E-state index in [9.17, 15) is 4.79 Å². The number of carbonyl (C=O) groups excluding carboxylic acids is 1. The van der Waals surface area contributed by atoms with E-state index >= 15 is 0 Å². The van der Waals surface area contributed by atoms with Crippen LogP contribution in [0.5, 0.6) is 0 Å². The standard InChI is InChI=1S/C21H21N5O/c1-14-15(2)24-21(17-8-5-6-11-22-17)25-20(14)23-13-19(27)26-12-10-16-7-3-4-9-18(16)26/h3-9,11H,10,12-13H2,1-2H3,(H,23,24,25). The first-order valence-electron chi connectivity index (χ1n) is 9.02. The summed E-state index contributed by atoms with van der Waals surface area (Å²) in [6.07, 6.45) is 2.62. The number of nitrogens with zero attached hydrogens (tertiary/aromatic N) is 4. The molecule has 0 radical (unpaired) electrons. The number of aryl methyl sites for hydroxylation is 1. The van der Waals surface area contributed by atoms with Gasteiger partial charge >= 0.3 is 0 Å². The Morgan fingerprint density at radius 1 is 1.11 bits per heavy atom. The van der Waals surface area contributed by atoms with Gasteiger partial charge in [-0.3, -0.25) is 9.78 Å². The monoisotopic (exact) mass is 359 g/mol. The maximum absolute atomic E-state index is 12.7. The second-order valence-corrected chi connectivity index (χ2v) is 6.60. The van der Waals surface area contributed by atoms with E-state index in [4.69, 9.17) is 0 Å². The fourth-order valence-electron chi connectivity index (χ4n) is 3.26. The number of rotatable bonds is 4. The van der Waals surface area contributed by atoms with Gasteiger partial charge in [0.25, 0.3) is 0 Å². The van der Waals surface area contributed by atoms with Gasteiger partial charge in [0.05, 0.1) is 6.54 Å². The molecule has 3 heterocycles.